The summed E-state index contributed by atoms with van der Waals surface area (Å²) in [5, 5.41) is 2.26. The standard InChI is InChI=1S/C8H13F3N2O/c1-4(5-2-3-5)13-7(14)6(12)8(9,10)11/h4-6H,2-3,12H2,1H3,(H,13,14). The average molecular weight is 210 g/mol. The Bertz CT molecular complexity index is 225. The third-order valence-corrected chi connectivity index (χ3v) is 2.33. The second-order valence-electron chi connectivity index (χ2n) is 3.65. The lowest BCUT2D eigenvalue weighted by molar-refractivity contribution is -0.163. The summed E-state index contributed by atoms with van der Waals surface area (Å²) in [5.74, 6) is -0.823. The van der Waals surface area contributed by atoms with Crippen molar-refractivity contribution in [3.8, 4) is 0 Å². The molecule has 2 unspecified atom stereocenters. The number of amides is 1. The Kier molecular flexibility index (Phi) is 3.04. The largest absolute Gasteiger partial charge is 0.412 e. The monoisotopic (exact) mass is 210 g/mol. The predicted molar refractivity (Wildman–Crippen MR) is 44.4 cm³/mol. The van der Waals surface area contributed by atoms with Gasteiger partial charge in [0, 0.05) is 6.04 Å². The average Bonchev–Trinajstić information content (AvgIpc) is 2.82. The van der Waals surface area contributed by atoms with Gasteiger partial charge in [-0.2, -0.15) is 13.2 Å². The van der Waals surface area contributed by atoms with E-state index in [9.17, 15) is 18.0 Å². The van der Waals surface area contributed by atoms with Crippen LogP contribution in [0.2, 0.25) is 0 Å². The zero-order valence-electron chi connectivity index (χ0n) is 7.77. The van der Waals surface area contributed by atoms with Crippen molar-refractivity contribution >= 4 is 5.91 Å². The Morgan fingerprint density at radius 2 is 2.00 bits per heavy atom. The first-order valence-electron chi connectivity index (χ1n) is 4.45. The molecule has 1 rings (SSSR count). The highest BCUT2D eigenvalue weighted by molar-refractivity contribution is 5.82. The van der Waals surface area contributed by atoms with E-state index in [0.29, 0.717) is 5.92 Å². The molecular weight excluding hydrogens is 197 g/mol. The van der Waals surface area contributed by atoms with Gasteiger partial charge in [0.1, 0.15) is 0 Å². The molecule has 0 spiro atoms. The number of hydrogen-bond acceptors (Lipinski definition) is 2. The van der Waals surface area contributed by atoms with Crippen molar-refractivity contribution in [3.63, 3.8) is 0 Å². The van der Waals surface area contributed by atoms with Crippen LogP contribution < -0.4 is 11.1 Å². The van der Waals surface area contributed by atoms with Crippen LogP contribution in [0.4, 0.5) is 13.2 Å². The fourth-order valence-electron chi connectivity index (χ4n) is 1.18. The first-order valence-corrected chi connectivity index (χ1v) is 4.45. The molecule has 0 aromatic rings. The minimum Gasteiger partial charge on any atom is -0.352 e. The van der Waals surface area contributed by atoms with E-state index in [1.165, 1.54) is 0 Å². The van der Waals surface area contributed by atoms with Crippen LogP contribution in [-0.4, -0.2) is 24.2 Å². The summed E-state index contributed by atoms with van der Waals surface area (Å²) in [5.41, 5.74) is 4.73. The molecule has 1 aliphatic rings. The van der Waals surface area contributed by atoms with Crippen LogP contribution in [0.5, 0.6) is 0 Å². The number of halogens is 3. The van der Waals surface area contributed by atoms with E-state index in [1.807, 2.05) is 0 Å². The van der Waals surface area contributed by atoms with Gasteiger partial charge in [0.25, 0.3) is 0 Å². The Morgan fingerprint density at radius 1 is 1.50 bits per heavy atom. The summed E-state index contributed by atoms with van der Waals surface area (Å²) >= 11 is 0. The fourth-order valence-corrected chi connectivity index (χ4v) is 1.18. The molecule has 0 aliphatic heterocycles. The molecule has 3 N–H and O–H groups in total. The normalized spacial score (nSPS) is 21.5. The number of nitrogens with two attached hydrogens (primary N) is 1. The van der Waals surface area contributed by atoms with Gasteiger partial charge in [-0.1, -0.05) is 0 Å². The van der Waals surface area contributed by atoms with Gasteiger partial charge in [-0.3, -0.25) is 4.79 Å². The summed E-state index contributed by atoms with van der Waals surface area (Å²) in [6.07, 6.45) is -2.74. The summed E-state index contributed by atoms with van der Waals surface area (Å²) in [7, 11) is 0. The molecule has 6 heteroatoms. The molecule has 0 aromatic heterocycles. The Hall–Kier alpha value is -0.780. The number of carbonyl (C=O) groups is 1. The fraction of sp³-hybridized carbons (Fsp3) is 0.875. The number of carbonyl (C=O) groups excluding carboxylic acids is 1. The molecule has 1 fully saturated rings. The number of nitrogens with one attached hydrogen (secondary N) is 1. The molecular formula is C8H13F3N2O. The van der Waals surface area contributed by atoms with Crippen molar-refractivity contribution < 1.29 is 18.0 Å². The topological polar surface area (TPSA) is 55.1 Å². The molecule has 3 nitrogen and oxygen atoms in total. The van der Waals surface area contributed by atoms with Crippen molar-refractivity contribution in [2.75, 3.05) is 0 Å². The van der Waals surface area contributed by atoms with E-state index in [1.54, 1.807) is 6.92 Å². The zero-order chi connectivity index (χ0) is 10.9. The quantitative estimate of drug-likeness (QED) is 0.723. The van der Waals surface area contributed by atoms with Crippen LogP contribution in [-0.2, 0) is 4.79 Å². The summed E-state index contributed by atoms with van der Waals surface area (Å²) in [6, 6.07) is -2.63. The summed E-state index contributed by atoms with van der Waals surface area (Å²) in [4.78, 5) is 11.0. The van der Waals surface area contributed by atoms with Crippen molar-refractivity contribution in [3.05, 3.63) is 0 Å². The van der Waals surface area contributed by atoms with Gasteiger partial charge in [0.05, 0.1) is 0 Å². The third-order valence-electron chi connectivity index (χ3n) is 2.33. The van der Waals surface area contributed by atoms with E-state index in [4.69, 9.17) is 5.73 Å². The van der Waals surface area contributed by atoms with E-state index in [0.717, 1.165) is 12.8 Å². The summed E-state index contributed by atoms with van der Waals surface area (Å²) < 4.78 is 35.9. The highest BCUT2D eigenvalue weighted by Crippen LogP contribution is 2.32. The lowest BCUT2D eigenvalue weighted by Crippen LogP contribution is -2.52. The van der Waals surface area contributed by atoms with Gasteiger partial charge in [-0.15, -0.1) is 0 Å². The highest BCUT2D eigenvalue weighted by atomic mass is 19.4. The first-order chi connectivity index (χ1) is 6.32. The first kappa shape index (κ1) is 11.3. The van der Waals surface area contributed by atoms with Crippen molar-refractivity contribution in [1.82, 2.24) is 5.32 Å². The second kappa shape index (κ2) is 3.76. The Balaban J connectivity index is 2.40. The SMILES string of the molecule is CC(NC(=O)C(N)C(F)(F)F)C1CC1. The molecule has 82 valence electrons. The highest BCUT2D eigenvalue weighted by Gasteiger charge is 2.43. The van der Waals surface area contributed by atoms with Crippen LogP contribution in [0.15, 0.2) is 0 Å². The minimum absolute atomic E-state index is 0.212. The lowest BCUT2D eigenvalue weighted by Gasteiger charge is -2.18. The molecule has 0 aromatic carbocycles. The van der Waals surface area contributed by atoms with Crippen LogP contribution in [0, 0.1) is 5.92 Å². The maximum atomic E-state index is 12.0. The smallest absolute Gasteiger partial charge is 0.352 e. The van der Waals surface area contributed by atoms with Crippen LogP contribution in [0.3, 0.4) is 0 Å². The number of hydrogen-bond donors (Lipinski definition) is 2. The van der Waals surface area contributed by atoms with Crippen molar-refractivity contribution in [2.24, 2.45) is 11.7 Å². The molecule has 14 heavy (non-hydrogen) atoms. The molecule has 1 aliphatic carbocycles. The van der Waals surface area contributed by atoms with Gasteiger partial charge in [0.2, 0.25) is 5.91 Å². The van der Waals surface area contributed by atoms with E-state index in [-0.39, 0.29) is 6.04 Å². The zero-order valence-corrected chi connectivity index (χ0v) is 7.77. The van der Waals surface area contributed by atoms with Crippen LogP contribution in [0.1, 0.15) is 19.8 Å². The Labute approximate surface area is 79.8 Å². The van der Waals surface area contributed by atoms with E-state index in [2.05, 4.69) is 5.32 Å². The lowest BCUT2D eigenvalue weighted by atomic mass is 10.2. The van der Waals surface area contributed by atoms with Gasteiger partial charge in [-0.05, 0) is 25.7 Å². The molecule has 0 heterocycles. The van der Waals surface area contributed by atoms with Gasteiger partial charge in [0.15, 0.2) is 6.04 Å². The van der Waals surface area contributed by atoms with Gasteiger partial charge < -0.3 is 11.1 Å². The Morgan fingerprint density at radius 3 is 2.36 bits per heavy atom. The predicted octanol–water partition coefficient (Wildman–Crippen LogP) is 0.791. The van der Waals surface area contributed by atoms with E-state index >= 15 is 0 Å². The summed E-state index contributed by atoms with van der Waals surface area (Å²) in [6.45, 7) is 1.69. The third kappa shape index (κ3) is 2.87. The van der Waals surface area contributed by atoms with Crippen molar-refractivity contribution in [1.29, 1.82) is 0 Å². The number of alkyl halides is 3. The second-order valence-corrected chi connectivity index (χ2v) is 3.65. The van der Waals surface area contributed by atoms with Crippen molar-refractivity contribution in [2.45, 2.75) is 38.0 Å². The van der Waals surface area contributed by atoms with E-state index < -0.39 is 18.1 Å². The maximum Gasteiger partial charge on any atom is 0.412 e. The maximum absolute atomic E-state index is 12.0. The van der Waals surface area contributed by atoms with Gasteiger partial charge in [-0.25, -0.2) is 0 Å². The minimum atomic E-state index is -4.66. The molecule has 1 saturated carbocycles. The number of rotatable bonds is 3. The molecule has 0 bridgehead atoms. The van der Waals surface area contributed by atoms with Gasteiger partial charge >= 0.3 is 6.18 Å². The molecule has 2 atom stereocenters. The molecule has 0 radical (unpaired) electrons. The van der Waals surface area contributed by atoms with Crippen LogP contribution in [0.25, 0.3) is 0 Å². The van der Waals surface area contributed by atoms with Crippen LogP contribution >= 0.6 is 0 Å². The molecule has 1 amide bonds. The molecule has 0 saturated heterocycles.